The predicted octanol–water partition coefficient (Wildman–Crippen LogP) is 3.55. The quantitative estimate of drug-likeness (QED) is 0.756. The minimum atomic E-state index is -0.282. The minimum Gasteiger partial charge on any atom is -0.388 e. The molecule has 0 aliphatic heterocycles. The van der Waals surface area contributed by atoms with Crippen molar-refractivity contribution in [2.75, 3.05) is 0 Å². The number of aliphatic hydroxyl groups is 1. The van der Waals surface area contributed by atoms with Gasteiger partial charge in [0.25, 0.3) is 0 Å². The lowest BCUT2D eigenvalue weighted by Crippen LogP contribution is -1.98. The van der Waals surface area contributed by atoms with Crippen molar-refractivity contribution in [3.63, 3.8) is 0 Å². The Morgan fingerprint density at radius 3 is 2.29 bits per heavy atom. The van der Waals surface area contributed by atoms with Crippen molar-refractivity contribution in [2.45, 2.75) is 39.2 Å². The number of hydrogen-bond acceptors (Lipinski definition) is 1. The molecule has 0 aliphatic carbocycles. The van der Waals surface area contributed by atoms with Crippen LogP contribution in [0.4, 0.5) is 0 Å². The SMILES string of the molecule is CC(C)CCC[C@@H](O)c1ccccc1. The van der Waals surface area contributed by atoms with Crippen molar-refractivity contribution in [1.82, 2.24) is 0 Å². The molecule has 1 rings (SSSR count). The maximum Gasteiger partial charge on any atom is 0.0790 e. The molecule has 0 saturated heterocycles. The van der Waals surface area contributed by atoms with Crippen LogP contribution in [-0.4, -0.2) is 5.11 Å². The normalized spacial score (nSPS) is 13.1. The van der Waals surface area contributed by atoms with Crippen LogP contribution in [0, 0.1) is 5.92 Å². The fourth-order valence-electron chi connectivity index (χ4n) is 1.56. The molecule has 0 amide bonds. The third-order valence-corrected chi connectivity index (χ3v) is 2.44. The summed E-state index contributed by atoms with van der Waals surface area (Å²) in [6.45, 7) is 4.43. The smallest absolute Gasteiger partial charge is 0.0790 e. The van der Waals surface area contributed by atoms with Gasteiger partial charge in [-0.05, 0) is 17.9 Å². The largest absolute Gasteiger partial charge is 0.388 e. The van der Waals surface area contributed by atoms with E-state index in [2.05, 4.69) is 13.8 Å². The van der Waals surface area contributed by atoms with E-state index >= 15 is 0 Å². The van der Waals surface area contributed by atoms with Crippen molar-refractivity contribution in [3.8, 4) is 0 Å². The van der Waals surface area contributed by atoms with E-state index in [9.17, 15) is 5.11 Å². The van der Waals surface area contributed by atoms with Crippen molar-refractivity contribution in [1.29, 1.82) is 0 Å². The summed E-state index contributed by atoms with van der Waals surface area (Å²) in [6.07, 6.45) is 2.90. The summed E-state index contributed by atoms with van der Waals surface area (Å²) in [5.41, 5.74) is 1.04. The average Bonchev–Trinajstić information content (AvgIpc) is 2.18. The fourth-order valence-corrected chi connectivity index (χ4v) is 1.56. The summed E-state index contributed by atoms with van der Waals surface area (Å²) in [4.78, 5) is 0. The summed E-state index contributed by atoms with van der Waals surface area (Å²) in [5.74, 6) is 0.734. The molecule has 0 radical (unpaired) electrons. The molecular weight excluding hydrogens is 172 g/mol. The molecule has 14 heavy (non-hydrogen) atoms. The average molecular weight is 192 g/mol. The Hall–Kier alpha value is -0.820. The highest BCUT2D eigenvalue weighted by Gasteiger charge is 2.06. The Morgan fingerprint density at radius 1 is 1.07 bits per heavy atom. The van der Waals surface area contributed by atoms with Gasteiger partial charge in [0.15, 0.2) is 0 Å². The summed E-state index contributed by atoms with van der Waals surface area (Å²) >= 11 is 0. The summed E-state index contributed by atoms with van der Waals surface area (Å²) < 4.78 is 0. The maximum absolute atomic E-state index is 9.83. The van der Waals surface area contributed by atoms with E-state index in [0.717, 1.165) is 24.3 Å². The van der Waals surface area contributed by atoms with E-state index in [1.807, 2.05) is 30.3 Å². The molecule has 1 nitrogen and oxygen atoms in total. The molecule has 0 bridgehead atoms. The Kier molecular flexibility index (Phi) is 4.68. The van der Waals surface area contributed by atoms with Gasteiger partial charge < -0.3 is 5.11 Å². The van der Waals surface area contributed by atoms with Gasteiger partial charge in [0.1, 0.15) is 0 Å². The molecule has 78 valence electrons. The van der Waals surface area contributed by atoms with Gasteiger partial charge >= 0.3 is 0 Å². The highest BCUT2D eigenvalue weighted by molar-refractivity contribution is 5.16. The van der Waals surface area contributed by atoms with Gasteiger partial charge in [-0.2, -0.15) is 0 Å². The molecule has 1 aromatic rings. The van der Waals surface area contributed by atoms with Crippen LogP contribution in [0.3, 0.4) is 0 Å². The Bertz CT molecular complexity index is 241. The Balaban J connectivity index is 2.32. The molecule has 0 unspecified atom stereocenters. The van der Waals surface area contributed by atoms with Crippen LogP contribution in [-0.2, 0) is 0 Å². The zero-order valence-corrected chi connectivity index (χ0v) is 9.11. The van der Waals surface area contributed by atoms with Gasteiger partial charge in [0, 0.05) is 0 Å². The summed E-state index contributed by atoms with van der Waals surface area (Å²) in [5, 5.41) is 9.83. The molecule has 1 heteroatoms. The van der Waals surface area contributed by atoms with Crippen LogP contribution in [0.2, 0.25) is 0 Å². The first-order chi connectivity index (χ1) is 6.70. The molecule has 0 spiro atoms. The van der Waals surface area contributed by atoms with Crippen molar-refractivity contribution < 1.29 is 5.11 Å². The van der Waals surface area contributed by atoms with Gasteiger partial charge in [0.2, 0.25) is 0 Å². The zero-order chi connectivity index (χ0) is 10.4. The maximum atomic E-state index is 9.83. The number of aliphatic hydroxyl groups excluding tert-OH is 1. The van der Waals surface area contributed by atoms with Crippen LogP contribution in [0.15, 0.2) is 30.3 Å². The van der Waals surface area contributed by atoms with Crippen molar-refractivity contribution >= 4 is 0 Å². The molecule has 1 N–H and O–H groups in total. The summed E-state index contributed by atoms with van der Waals surface area (Å²) in [6, 6.07) is 9.90. The van der Waals surface area contributed by atoms with Gasteiger partial charge in [-0.3, -0.25) is 0 Å². The first-order valence-corrected chi connectivity index (χ1v) is 5.43. The molecule has 0 aromatic heterocycles. The van der Waals surface area contributed by atoms with E-state index in [1.165, 1.54) is 6.42 Å². The first-order valence-electron chi connectivity index (χ1n) is 5.43. The third kappa shape index (κ3) is 3.93. The number of benzene rings is 1. The molecule has 0 heterocycles. The second-order valence-corrected chi connectivity index (χ2v) is 4.25. The van der Waals surface area contributed by atoms with Crippen LogP contribution < -0.4 is 0 Å². The number of rotatable bonds is 5. The highest BCUT2D eigenvalue weighted by Crippen LogP contribution is 2.19. The van der Waals surface area contributed by atoms with Crippen LogP contribution in [0.1, 0.15) is 44.8 Å². The molecule has 1 atom stereocenters. The Labute approximate surface area is 86.8 Å². The summed E-state index contributed by atoms with van der Waals surface area (Å²) in [7, 11) is 0. The lowest BCUT2D eigenvalue weighted by Gasteiger charge is -2.11. The van der Waals surface area contributed by atoms with Crippen LogP contribution in [0.5, 0.6) is 0 Å². The zero-order valence-electron chi connectivity index (χ0n) is 9.11. The molecule has 0 saturated carbocycles. The second-order valence-electron chi connectivity index (χ2n) is 4.25. The highest BCUT2D eigenvalue weighted by atomic mass is 16.3. The molecule has 0 aliphatic rings. The topological polar surface area (TPSA) is 20.2 Å². The van der Waals surface area contributed by atoms with Crippen molar-refractivity contribution in [2.24, 2.45) is 5.92 Å². The van der Waals surface area contributed by atoms with E-state index < -0.39 is 0 Å². The fraction of sp³-hybridized carbons (Fsp3) is 0.538. The van der Waals surface area contributed by atoms with Gasteiger partial charge in [-0.15, -0.1) is 0 Å². The minimum absolute atomic E-state index is 0.282. The van der Waals surface area contributed by atoms with Gasteiger partial charge in [-0.25, -0.2) is 0 Å². The van der Waals surface area contributed by atoms with Gasteiger partial charge in [-0.1, -0.05) is 57.0 Å². The third-order valence-electron chi connectivity index (χ3n) is 2.44. The Morgan fingerprint density at radius 2 is 1.71 bits per heavy atom. The lowest BCUT2D eigenvalue weighted by atomic mass is 10.0. The standard InChI is InChI=1S/C13H20O/c1-11(2)7-6-10-13(14)12-8-4-3-5-9-12/h3-5,8-9,11,13-14H,6-7,10H2,1-2H3/t13-/m1/s1. The molecular formula is C13H20O. The van der Waals surface area contributed by atoms with Crippen LogP contribution in [0.25, 0.3) is 0 Å². The first kappa shape index (κ1) is 11.3. The second kappa shape index (κ2) is 5.82. The van der Waals surface area contributed by atoms with Crippen molar-refractivity contribution in [3.05, 3.63) is 35.9 Å². The van der Waals surface area contributed by atoms with E-state index in [1.54, 1.807) is 0 Å². The molecule has 0 fully saturated rings. The van der Waals surface area contributed by atoms with E-state index in [-0.39, 0.29) is 6.10 Å². The predicted molar refractivity (Wildman–Crippen MR) is 60.1 cm³/mol. The van der Waals surface area contributed by atoms with Crippen LogP contribution >= 0.6 is 0 Å². The molecule has 1 aromatic carbocycles. The lowest BCUT2D eigenvalue weighted by molar-refractivity contribution is 0.162. The van der Waals surface area contributed by atoms with Gasteiger partial charge in [0.05, 0.1) is 6.10 Å². The van der Waals surface area contributed by atoms with E-state index in [4.69, 9.17) is 0 Å². The van der Waals surface area contributed by atoms with E-state index in [0.29, 0.717) is 0 Å². The number of hydrogen-bond donors (Lipinski definition) is 1. The monoisotopic (exact) mass is 192 g/mol.